The molecule has 0 aliphatic heterocycles. The number of nitrogens with one attached hydrogen (secondary N) is 1. The molecule has 0 bridgehead atoms. The standard InChI is InChI=1S/C8H10BrFN2/c9-6-1-2-7(10)8(5-6)12-4-3-11/h1-2,5,12H,3-4,11H2. The summed E-state index contributed by atoms with van der Waals surface area (Å²) in [5.74, 6) is -0.258. The van der Waals surface area contributed by atoms with E-state index in [4.69, 9.17) is 5.73 Å². The lowest BCUT2D eigenvalue weighted by molar-refractivity contribution is 0.630. The monoisotopic (exact) mass is 232 g/mol. The van der Waals surface area contributed by atoms with E-state index in [-0.39, 0.29) is 5.82 Å². The van der Waals surface area contributed by atoms with Crippen LogP contribution in [0.4, 0.5) is 10.1 Å². The first-order chi connectivity index (χ1) is 5.74. The van der Waals surface area contributed by atoms with Crippen molar-refractivity contribution in [3.8, 4) is 0 Å². The highest BCUT2D eigenvalue weighted by Crippen LogP contribution is 2.19. The fourth-order valence-corrected chi connectivity index (χ4v) is 1.20. The third kappa shape index (κ3) is 2.46. The Balaban J connectivity index is 2.75. The minimum Gasteiger partial charge on any atom is -0.381 e. The van der Waals surface area contributed by atoms with Gasteiger partial charge in [0.05, 0.1) is 5.69 Å². The van der Waals surface area contributed by atoms with Crippen molar-refractivity contribution in [1.29, 1.82) is 0 Å². The quantitative estimate of drug-likeness (QED) is 0.837. The Morgan fingerprint density at radius 3 is 2.92 bits per heavy atom. The average molecular weight is 233 g/mol. The highest BCUT2D eigenvalue weighted by molar-refractivity contribution is 9.10. The van der Waals surface area contributed by atoms with Crippen molar-refractivity contribution in [2.45, 2.75) is 0 Å². The summed E-state index contributed by atoms with van der Waals surface area (Å²) in [6.07, 6.45) is 0. The van der Waals surface area contributed by atoms with Crippen LogP contribution in [-0.2, 0) is 0 Å². The Kier molecular flexibility index (Phi) is 3.49. The van der Waals surface area contributed by atoms with Crippen molar-refractivity contribution in [3.63, 3.8) is 0 Å². The van der Waals surface area contributed by atoms with E-state index < -0.39 is 0 Å². The van der Waals surface area contributed by atoms with Crippen molar-refractivity contribution in [2.75, 3.05) is 18.4 Å². The van der Waals surface area contributed by atoms with Gasteiger partial charge in [-0.2, -0.15) is 0 Å². The zero-order valence-electron chi connectivity index (χ0n) is 6.48. The molecule has 0 spiro atoms. The molecule has 0 heterocycles. The molecule has 0 aliphatic carbocycles. The minimum absolute atomic E-state index is 0.258. The van der Waals surface area contributed by atoms with Crippen LogP contribution in [0.1, 0.15) is 0 Å². The maximum atomic E-state index is 13.0. The van der Waals surface area contributed by atoms with E-state index in [0.717, 1.165) is 4.47 Å². The van der Waals surface area contributed by atoms with Crippen molar-refractivity contribution in [3.05, 3.63) is 28.5 Å². The van der Waals surface area contributed by atoms with E-state index in [1.54, 1.807) is 12.1 Å². The lowest BCUT2D eigenvalue weighted by Gasteiger charge is -2.05. The number of benzene rings is 1. The molecule has 0 amide bonds. The van der Waals surface area contributed by atoms with Gasteiger partial charge in [0.2, 0.25) is 0 Å². The van der Waals surface area contributed by atoms with Crippen LogP contribution in [0.5, 0.6) is 0 Å². The van der Waals surface area contributed by atoms with Crippen molar-refractivity contribution in [1.82, 2.24) is 0 Å². The van der Waals surface area contributed by atoms with Gasteiger partial charge in [-0.05, 0) is 18.2 Å². The molecule has 1 rings (SSSR count). The zero-order chi connectivity index (χ0) is 8.97. The van der Waals surface area contributed by atoms with Crippen LogP contribution in [0.15, 0.2) is 22.7 Å². The highest BCUT2D eigenvalue weighted by Gasteiger charge is 2.00. The van der Waals surface area contributed by atoms with Crippen LogP contribution >= 0.6 is 15.9 Å². The van der Waals surface area contributed by atoms with E-state index in [9.17, 15) is 4.39 Å². The highest BCUT2D eigenvalue weighted by atomic mass is 79.9. The molecule has 2 nitrogen and oxygen atoms in total. The van der Waals surface area contributed by atoms with Crippen LogP contribution in [0.3, 0.4) is 0 Å². The van der Waals surface area contributed by atoms with Crippen molar-refractivity contribution in [2.24, 2.45) is 5.73 Å². The topological polar surface area (TPSA) is 38.0 Å². The normalized spacial score (nSPS) is 9.92. The first kappa shape index (κ1) is 9.48. The lowest BCUT2D eigenvalue weighted by atomic mass is 10.3. The third-order valence-corrected chi connectivity index (χ3v) is 1.88. The molecule has 0 saturated carbocycles. The van der Waals surface area contributed by atoms with Gasteiger partial charge in [-0.1, -0.05) is 15.9 Å². The van der Waals surface area contributed by atoms with E-state index in [1.807, 2.05) is 0 Å². The summed E-state index contributed by atoms with van der Waals surface area (Å²) in [7, 11) is 0. The maximum absolute atomic E-state index is 13.0. The molecule has 0 radical (unpaired) electrons. The summed E-state index contributed by atoms with van der Waals surface area (Å²) < 4.78 is 13.8. The number of anilines is 1. The van der Waals surface area contributed by atoms with Gasteiger partial charge in [-0.15, -0.1) is 0 Å². The zero-order valence-corrected chi connectivity index (χ0v) is 8.07. The predicted molar refractivity (Wildman–Crippen MR) is 51.6 cm³/mol. The SMILES string of the molecule is NCCNc1cc(Br)ccc1F. The van der Waals surface area contributed by atoms with Crippen molar-refractivity contribution < 1.29 is 4.39 Å². The number of nitrogens with two attached hydrogens (primary N) is 1. The Morgan fingerprint density at radius 2 is 2.25 bits per heavy atom. The summed E-state index contributed by atoms with van der Waals surface area (Å²) in [5, 5.41) is 2.87. The minimum atomic E-state index is -0.258. The summed E-state index contributed by atoms with van der Waals surface area (Å²) in [4.78, 5) is 0. The third-order valence-electron chi connectivity index (χ3n) is 1.39. The summed E-state index contributed by atoms with van der Waals surface area (Å²) in [5.41, 5.74) is 5.75. The summed E-state index contributed by atoms with van der Waals surface area (Å²) in [6.45, 7) is 1.07. The Hall–Kier alpha value is -0.610. The predicted octanol–water partition coefficient (Wildman–Crippen LogP) is 1.96. The van der Waals surface area contributed by atoms with Gasteiger partial charge in [0.25, 0.3) is 0 Å². The summed E-state index contributed by atoms with van der Waals surface area (Å²) in [6, 6.07) is 4.75. The van der Waals surface area contributed by atoms with Crippen molar-refractivity contribution >= 4 is 21.6 Å². The van der Waals surface area contributed by atoms with Gasteiger partial charge in [-0.25, -0.2) is 4.39 Å². The van der Waals surface area contributed by atoms with Gasteiger partial charge in [0.1, 0.15) is 5.82 Å². The smallest absolute Gasteiger partial charge is 0.146 e. The van der Waals surface area contributed by atoms with Crippen LogP contribution in [0, 0.1) is 5.82 Å². The molecule has 0 saturated heterocycles. The second-order valence-corrected chi connectivity index (χ2v) is 3.26. The molecule has 0 unspecified atom stereocenters. The number of halogens is 2. The fourth-order valence-electron chi connectivity index (χ4n) is 0.840. The van der Waals surface area contributed by atoms with Gasteiger partial charge < -0.3 is 11.1 Å². The lowest BCUT2D eigenvalue weighted by Crippen LogP contribution is -2.13. The van der Waals surface area contributed by atoms with Gasteiger partial charge >= 0.3 is 0 Å². The molecular weight excluding hydrogens is 223 g/mol. The second kappa shape index (κ2) is 4.42. The average Bonchev–Trinajstić information content (AvgIpc) is 2.07. The molecular formula is C8H10BrFN2. The van der Waals surface area contributed by atoms with Gasteiger partial charge in [0.15, 0.2) is 0 Å². The number of hydrogen-bond donors (Lipinski definition) is 2. The Labute approximate surface area is 79.1 Å². The van der Waals surface area contributed by atoms with E-state index in [0.29, 0.717) is 18.8 Å². The molecule has 1 aromatic rings. The molecule has 12 heavy (non-hydrogen) atoms. The van der Waals surface area contributed by atoms with E-state index >= 15 is 0 Å². The molecule has 0 aromatic heterocycles. The summed E-state index contributed by atoms with van der Waals surface area (Å²) >= 11 is 3.25. The van der Waals surface area contributed by atoms with Gasteiger partial charge in [0, 0.05) is 17.6 Å². The first-order valence-electron chi connectivity index (χ1n) is 3.63. The molecule has 3 N–H and O–H groups in total. The number of hydrogen-bond acceptors (Lipinski definition) is 2. The molecule has 0 fully saturated rings. The first-order valence-corrected chi connectivity index (χ1v) is 4.42. The largest absolute Gasteiger partial charge is 0.381 e. The molecule has 66 valence electrons. The van der Waals surface area contributed by atoms with Crippen LogP contribution in [-0.4, -0.2) is 13.1 Å². The second-order valence-electron chi connectivity index (χ2n) is 2.34. The van der Waals surface area contributed by atoms with Crippen LogP contribution < -0.4 is 11.1 Å². The molecule has 4 heteroatoms. The fraction of sp³-hybridized carbons (Fsp3) is 0.250. The van der Waals surface area contributed by atoms with E-state index in [2.05, 4.69) is 21.2 Å². The van der Waals surface area contributed by atoms with Gasteiger partial charge in [-0.3, -0.25) is 0 Å². The molecule has 1 aromatic carbocycles. The molecule has 0 aliphatic rings. The molecule has 0 atom stereocenters. The Bertz CT molecular complexity index is 265. The van der Waals surface area contributed by atoms with Crippen LogP contribution in [0.25, 0.3) is 0 Å². The maximum Gasteiger partial charge on any atom is 0.146 e. The van der Waals surface area contributed by atoms with E-state index in [1.165, 1.54) is 6.07 Å². The van der Waals surface area contributed by atoms with Crippen LogP contribution in [0.2, 0.25) is 0 Å². The Morgan fingerprint density at radius 1 is 1.50 bits per heavy atom. The number of rotatable bonds is 3.